The van der Waals surface area contributed by atoms with E-state index in [2.05, 4.69) is 107 Å². The zero-order chi connectivity index (χ0) is 22.9. The first-order valence-corrected chi connectivity index (χ1v) is 13.5. The number of benzene rings is 3. The number of unbranched alkanes of at least 4 members (excludes halogenated alkanes) is 2. The van der Waals surface area contributed by atoms with E-state index in [0.29, 0.717) is 5.76 Å². The summed E-state index contributed by atoms with van der Waals surface area (Å²) in [7, 11) is 0.155. The summed E-state index contributed by atoms with van der Waals surface area (Å²) in [5.41, 5.74) is 6.20. The smallest absolute Gasteiger partial charge is 0.119 e. The van der Waals surface area contributed by atoms with Crippen molar-refractivity contribution in [2.24, 2.45) is 0 Å². The van der Waals surface area contributed by atoms with Crippen molar-refractivity contribution in [2.45, 2.75) is 31.6 Å². The minimum absolute atomic E-state index is 0.155. The van der Waals surface area contributed by atoms with Crippen LogP contribution in [-0.2, 0) is 0 Å². The molecule has 0 bridgehead atoms. The van der Waals surface area contributed by atoms with E-state index in [0.717, 1.165) is 37.8 Å². The van der Waals surface area contributed by atoms with Crippen LogP contribution in [0.3, 0.4) is 0 Å². The van der Waals surface area contributed by atoms with Gasteiger partial charge in [0.1, 0.15) is 5.76 Å². The maximum Gasteiger partial charge on any atom is 0.119 e. The van der Waals surface area contributed by atoms with Crippen LogP contribution in [-0.4, -0.2) is 23.3 Å². The maximum absolute atomic E-state index is 10.0. The van der Waals surface area contributed by atoms with E-state index >= 15 is 0 Å². The van der Waals surface area contributed by atoms with Gasteiger partial charge < -0.3 is 10.4 Å². The molecule has 0 radical (unpaired) electrons. The molecule has 3 aromatic rings. The molecule has 3 heteroatoms. The van der Waals surface area contributed by atoms with Crippen molar-refractivity contribution < 1.29 is 5.11 Å². The quantitative estimate of drug-likeness (QED) is 0.185. The molecule has 1 aliphatic rings. The van der Waals surface area contributed by atoms with Crippen molar-refractivity contribution in [3.63, 3.8) is 0 Å². The Hall–Kier alpha value is -3.04. The molecule has 0 saturated heterocycles. The fraction of sp³-hybridized carbons (Fsp3) is 0.233. The number of rotatable bonds is 10. The normalized spacial score (nSPS) is 15.5. The van der Waals surface area contributed by atoms with Crippen LogP contribution in [0.4, 0.5) is 5.69 Å². The molecular weight excluding hydrogens is 422 g/mol. The van der Waals surface area contributed by atoms with E-state index in [1.165, 1.54) is 22.4 Å². The minimum atomic E-state index is 0.155. The van der Waals surface area contributed by atoms with Crippen LogP contribution in [0, 0.1) is 0 Å². The highest BCUT2D eigenvalue weighted by Crippen LogP contribution is 2.33. The molecule has 3 aromatic carbocycles. The molecule has 0 spiro atoms. The van der Waals surface area contributed by atoms with E-state index in [1.807, 2.05) is 6.08 Å². The van der Waals surface area contributed by atoms with Crippen molar-refractivity contribution in [3.8, 4) is 0 Å². The average molecular weight is 456 g/mol. The molecule has 1 unspecified atom stereocenters. The molecule has 0 aliphatic carbocycles. The third-order valence-electron chi connectivity index (χ3n) is 6.04. The lowest BCUT2D eigenvalue weighted by Crippen LogP contribution is -2.06. The van der Waals surface area contributed by atoms with Gasteiger partial charge in [0.25, 0.3) is 0 Å². The van der Waals surface area contributed by atoms with E-state index < -0.39 is 0 Å². The van der Waals surface area contributed by atoms with Gasteiger partial charge in [-0.25, -0.2) is 0 Å². The summed E-state index contributed by atoms with van der Waals surface area (Å²) in [6.07, 6.45) is 8.36. The number of aliphatic hydroxyl groups excluding tert-OH is 1. The van der Waals surface area contributed by atoms with Crippen LogP contribution in [0.5, 0.6) is 0 Å². The predicted octanol–water partition coefficient (Wildman–Crippen LogP) is 7.88. The lowest BCUT2D eigenvalue weighted by Gasteiger charge is -2.20. The second-order valence-corrected chi connectivity index (χ2v) is 10.3. The fourth-order valence-electron chi connectivity index (χ4n) is 4.34. The van der Waals surface area contributed by atoms with Crippen molar-refractivity contribution in [1.29, 1.82) is 0 Å². The molecule has 0 fully saturated rings. The Kier molecular flexibility index (Phi) is 8.21. The highest BCUT2D eigenvalue weighted by molar-refractivity contribution is 8.17. The largest absolute Gasteiger partial charge is 0.508 e. The van der Waals surface area contributed by atoms with Gasteiger partial charge in [0.2, 0.25) is 0 Å². The van der Waals surface area contributed by atoms with Gasteiger partial charge >= 0.3 is 0 Å². The summed E-state index contributed by atoms with van der Waals surface area (Å²) in [5.74, 6) is 0.668. The van der Waals surface area contributed by atoms with Gasteiger partial charge in [-0.1, -0.05) is 79.2 Å². The first kappa shape index (κ1) is 23.1. The highest BCUT2D eigenvalue weighted by atomic mass is 32.2. The standard InChI is InChI=1S/C30H33NOS/c1-33-21-19-29(32)27(23-33)16-9-4-10-20-31-28-18-11-17-26(22-28)30(24-12-5-2-6-13-24)25-14-7-3-8-15-25/h2-3,5-8,11-15,17-19,21-23,30-32H,4,9-10,16,20H2,1H3. The van der Waals surface area contributed by atoms with Crippen molar-refractivity contribution in [3.05, 3.63) is 124 Å². The second kappa shape index (κ2) is 11.7. The van der Waals surface area contributed by atoms with Crippen LogP contribution in [0.1, 0.15) is 48.3 Å². The van der Waals surface area contributed by atoms with Gasteiger partial charge in [0.05, 0.1) is 0 Å². The third kappa shape index (κ3) is 6.49. The van der Waals surface area contributed by atoms with Gasteiger partial charge in [-0.15, -0.1) is 0 Å². The van der Waals surface area contributed by atoms with E-state index in [9.17, 15) is 5.11 Å². The first-order valence-electron chi connectivity index (χ1n) is 11.7. The van der Waals surface area contributed by atoms with Crippen molar-refractivity contribution in [1.82, 2.24) is 0 Å². The van der Waals surface area contributed by atoms with Crippen LogP contribution in [0.15, 0.2) is 108 Å². The number of allylic oxidation sites excluding steroid dienone is 2. The molecule has 0 aromatic heterocycles. The zero-order valence-corrected chi connectivity index (χ0v) is 20.1. The molecule has 170 valence electrons. The van der Waals surface area contributed by atoms with E-state index in [1.54, 1.807) is 0 Å². The Labute approximate surface area is 200 Å². The summed E-state index contributed by atoms with van der Waals surface area (Å²) in [6.45, 7) is 0.956. The molecule has 0 amide bonds. The number of anilines is 1. The van der Waals surface area contributed by atoms with Crippen LogP contribution in [0.2, 0.25) is 0 Å². The molecule has 1 heterocycles. The fourth-order valence-corrected chi connectivity index (χ4v) is 5.45. The van der Waals surface area contributed by atoms with E-state index in [-0.39, 0.29) is 16.4 Å². The van der Waals surface area contributed by atoms with Gasteiger partial charge in [-0.05, 0) is 76.8 Å². The third-order valence-corrected chi connectivity index (χ3v) is 7.26. The van der Waals surface area contributed by atoms with Crippen LogP contribution < -0.4 is 5.32 Å². The lowest BCUT2D eigenvalue weighted by atomic mass is 9.85. The summed E-state index contributed by atoms with van der Waals surface area (Å²) in [6, 6.07) is 30.3. The van der Waals surface area contributed by atoms with Crippen LogP contribution >= 0.6 is 10.5 Å². The molecule has 2 N–H and O–H groups in total. The monoisotopic (exact) mass is 455 g/mol. The zero-order valence-electron chi connectivity index (χ0n) is 19.3. The first-order chi connectivity index (χ1) is 16.2. The molecule has 2 nitrogen and oxygen atoms in total. The van der Waals surface area contributed by atoms with Crippen LogP contribution in [0.25, 0.3) is 0 Å². The number of hydrogen-bond acceptors (Lipinski definition) is 2. The number of aliphatic hydroxyl groups is 1. The minimum Gasteiger partial charge on any atom is -0.508 e. The Morgan fingerprint density at radius 2 is 1.45 bits per heavy atom. The average Bonchev–Trinajstić information content (AvgIpc) is 2.85. The summed E-state index contributed by atoms with van der Waals surface area (Å²) in [4.78, 5) is 0. The Balaban J connectivity index is 1.34. The van der Waals surface area contributed by atoms with Gasteiger partial charge in [0.15, 0.2) is 0 Å². The predicted molar refractivity (Wildman–Crippen MR) is 146 cm³/mol. The lowest BCUT2D eigenvalue weighted by molar-refractivity contribution is 0.418. The number of hydrogen-bond donors (Lipinski definition) is 2. The topological polar surface area (TPSA) is 32.3 Å². The van der Waals surface area contributed by atoms with Crippen molar-refractivity contribution >= 4 is 21.5 Å². The maximum atomic E-state index is 10.0. The SMILES string of the molecule is CS1=CC=C(O)C(CCCCCNc2cccc(C(c3ccccc3)c3ccccc3)c2)=C1. The Morgan fingerprint density at radius 1 is 0.788 bits per heavy atom. The molecule has 1 atom stereocenters. The number of nitrogens with one attached hydrogen (secondary N) is 1. The molecule has 1 aliphatic heterocycles. The Morgan fingerprint density at radius 3 is 2.15 bits per heavy atom. The molecule has 4 rings (SSSR count). The molecule has 33 heavy (non-hydrogen) atoms. The van der Waals surface area contributed by atoms with Gasteiger partial charge in [0, 0.05) is 18.2 Å². The van der Waals surface area contributed by atoms with Gasteiger partial charge in [-0.2, -0.15) is 10.5 Å². The van der Waals surface area contributed by atoms with Gasteiger partial charge in [-0.3, -0.25) is 0 Å². The molecule has 0 saturated carbocycles. The van der Waals surface area contributed by atoms with Crippen molar-refractivity contribution in [2.75, 3.05) is 18.1 Å². The summed E-state index contributed by atoms with van der Waals surface area (Å²) in [5, 5.41) is 17.9. The second-order valence-electron chi connectivity index (χ2n) is 8.56. The van der Waals surface area contributed by atoms with E-state index in [4.69, 9.17) is 0 Å². The summed E-state index contributed by atoms with van der Waals surface area (Å²) < 4.78 is 0. The highest BCUT2D eigenvalue weighted by Gasteiger charge is 2.16. The Bertz CT molecular complexity index is 1090. The summed E-state index contributed by atoms with van der Waals surface area (Å²) >= 11 is 0. The molecular formula is C30H33NOS.